The Morgan fingerprint density at radius 2 is 2.00 bits per heavy atom. The van der Waals surface area contributed by atoms with Crippen molar-refractivity contribution in [2.24, 2.45) is 17.8 Å². The first kappa shape index (κ1) is 15.8. The van der Waals surface area contributed by atoms with Crippen LogP contribution >= 0.6 is 0 Å². The summed E-state index contributed by atoms with van der Waals surface area (Å²) in [6, 6.07) is 0. The van der Waals surface area contributed by atoms with Gasteiger partial charge in [0.25, 0.3) is 0 Å². The van der Waals surface area contributed by atoms with Gasteiger partial charge in [-0.05, 0) is 57.5 Å². The SMILES string of the molecule is CCOC(=O)C(CN1CCC(C)C(C)C1)(NC)C1CC1. The maximum Gasteiger partial charge on any atom is 0.327 e. The van der Waals surface area contributed by atoms with Crippen molar-refractivity contribution in [2.45, 2.75) is 45.6 Å². The zero-order valence-corrected chi connectivity index (χ0v) is 13.4. The van der Waals surface area contributed by atoms with E-state index in [-0.39, 0.29) is 5.97 Å². The number of piperidine rings is 1. The molecule has 0 bridgehead atoms. The Balaban J connectivity index is 2.06. The minimum atomic E-state index is -0.490. The standard InChI is InChI=1S/C16H30N2O2/c1-5-20-15(19)16(17-4,14-6-7-14)11-18-9-8-12(2)13(3)10-18/h12-14,17H,5-11H2,1-4H3. The van der Waals surface area contributed by atoms with Gasteiger partial charge in [-0.2, -0.15) is 0 Å². The number of nitrogens with one attached hydrogen (secondary N) is 1. The van der Waals surface area contributed by atoms with E-state index >= 15 is 0 Å². The molecule has 116 valence electrons. The van der Waals surface area contributed by atoms with Gasteiger partial charge in [-0.25, -0.2) is 4.79 Å². The molecule has 4 heteroatoms. The number of likely N-dealkylation sites (N-methyl/N-ethyl adjacent to an activating group) is 1. The number of carbonyl (C=O) groups is 1. The first-order chi connectivity index (χ1) is 9.53. The van der Waals surface area contributed by atoms with Gasteiger partial charge in [0.15, 0.2) is 0 Å². The molecule has 2 rings (SSSR count). The zero-order chi connectivity index (χ0) is 14.8. The molecule has 1 heterocycles. The van der Waals surface area contributed by atoms with E-state index in [1.807, 2.05) is 14.0 Å². The summed E-state index contributed by atoms with van der Waals surface area (Å²) in [4.78, 5) is 14.9. The van der Waals surface area contributed by atoms with Crippen LogP contribution in [0.2, 0.25) is 0 Å². The number of hydrogen-bond donors (Lipinski definition) is 1. The zero-order valence-electron chi connectivity index (χ0n) is 13.4. The van der Waals surface area contributed by atoms with Gasteiger partial charge in [-0.3, -0.25) is 0 Å². The summed E-state index contributed by atoms with van der Waals surface area (Å²) in [6.07, 6.45) is 3.51. The van der Waals surface area contributed by atoms with Crippen LogP contribution in [0.5, 0.6) is 0 Å². The van der Waals surface area contributed by atoms with E-state index in [1.165, 1.54) is 6.42 Å². The first-order valence-corrected chi connectivity index (χ1v) is 8.12. The Kier molecular flexibility index (Phi) is 5.08. The highest BCUT2D eigenvalue weighted by Crippen LogP contribution is 2.41. The van der Waals surface area contributed by atoms with E-state index in [1.54, 1.807) is 0 Å². The number of nitrogens with zero attached hydrogens (tertiary/aromatic N) is 1. The predicted molar refractivity (Wildman–Crippen MR) is 80.5 cm³/mol. The molecule has 1 aliphatic heterocycles. The number of rotatable bonds is 6. The lowest BCUT2D eigenvalue weighted by atomic mass is 9.86. The summed E-state index contributed by atoms with van der Waals surface area (Å²) in [6.45, 7) is 9.99. The van der Waals surface area contributed by atoms with E-state index < -0.39 is 5.54 Å². The minimum Gasteiger partial charge on any atom is -0.465 e. The fourth-order valence-electron chi connectivity index (χ4n) is 3.43. The largest absolute Gasteiger partial charge is 0.465 e. The Morgan fingerprint density at radius 3 is 2.50 bits per heavy atom. The Bertz CT molecular complexity index is 343. The molecule has 3 unspecified atom stereocenters. The predicted octanol–water partition coefficient (Wildman–Crippen LogP) is 1.90. The molecule has 2 aliphatic rings. The topological polar surface area (TPSA) is 41.6 Å². The van der Waals surface area contributed by atoms with Crippen LogP contribution in [0.4, 0.5) is 0 Å². The van der Waals surface area contributed by atoms with E-state index in [0.717, 1.165) is 38.4 Å². The van der Waals surface area contributed by atoms with Crippen molar-refractivity contribution < 1.29 is 9.53 Å². The van der Waals surface area contributed by atoms with Crippen LogP contribution in [-0.2, 0) is 9.53 Å². The van der Waals surface area contributed by atoms with Gasteiger partial charge >= 0.3 is 5.97 Å². The van der Waals surface area contributed by atoms with Gasteiger partial charge in [0.1, 0.15) is 5.54 Å². The monoisotopic (exact) mass is 282 g/mol. The second-order valence-corrected chi connectivity index (χ2v) is 6.69. The van der Waals surface area contributed by atoms with Crippen molar-refractivity contribution in [3.8, 4) is 0 Å². The molecule has 2 fully saturated rings. The Labute approximate surface area is 123 Å². The molecule has 4 nitrogen and oxygen atoms in total. The molecule has 1 saturated carbocycles. The molecule has 0 spiro atoms. The van der Waals surface area contributed by atoms with Gasteiger partial charge in [0.2, 0.25) is 0 Å². The number of likely N-dealkylation sites (tertiary alicyclic amines) is 1. The average molecular weight is 282 g/mol. The highest BCUT2D eigenvalue weighted by molar-refractivity contribution is 5.82. The van der Waals surface area contributed by atoms with Crippen molar-refractivity contribution in [1.29, 1.82) is 0 Å². The van der Waals surface area contributed by atoms with Crippen LogP contribution in [0.3, 0.4) is 0 Å². The lowest BCUT2D eigenvalue weighted by Crippen LogP contribution is -2.61. The molecule has 0 amide bonds. The van der Waals surface area contributed by atoms with Gasteiger partial charge < -0.3 is 15.0 Å². The fourth-order valence-corrected chi connectivity index (χ4v) is 3.43. The van der Waals surface area contributed by atoms with Crippen LogP contribution in [0.1, 0.15) is 40.0 Å². The third kappa shape index (κ3) is 3.17. The van der Waals surface area contributed by atoms with Crippen LogP contribution in [0, 0.1) is 17.8 Å². The second kappa shape index (κ2) is 6.44. The van der Waals surface area contributed by atoms with Crippen molar-refractivity contribution >= 4 is 5.97 Å². The second-order valence-electron chi connectivity index (χ2n) is 6.69. The third-order valence-corrected chi connectivity index (χ3v) is 5.25. The molecule has 20 heavy (non-hydrogen) atoms. The maximum atomic E-state index is 12.5. The van der Waals surface area contributed by atoms with E-state index in [0.29, 0.717) is 18.4 Å². The molecular formula is C16H30N2O2. The van der Waals surface area contributed by atoms with Gasteiger partial charge in [0.05, 0.1) is 6.61 Å². The quantitative estimate of drug-likeness (QED) is 0.756. The van der Waals surface area contributed by atoms with E-state index in [4.69, 9.17) is 4.74 Å². The number of esters is 1. The van der Waals surface area contributed by atoms with E-state index in [2.05, 4.69) is 24.1 Å². The summed E-state index contributed by atoms with van der Waals surface area (Å²) in [7, 11) is 1.91. The lowest BCUT2D eigenvalue weighted by Gasteiger charge is -2.41. The summed E-state index contributed by atoms with van der Waals surface area (Å²) >= 11 is 0. The summed E-state index contributed by atoms with van der Waals surface area (Å²) in [5.41, 5.74) is -0.490. The highest BCUT2D eigenvalue weighted by atomic mass is 16.5. The Morgan fingerprint density at radius 1 is 1.30 bits per heavy atom. The molecule has 3 atom stereocenters. The van der Waals surface area contributed by atoms with Crippen LogP contribution in [0.15, 0.2) is 0 Å². The summed E-state index contributed by atoms with van der Waals surface area (Å²) < 4.78 is 5.36. The third-order valence-electron chi connectivity index (χ3n) is 5.25. The average Bonchev–Trinajstić information content (AvgIpc) is 3.25. The van der Waals surface area contributed by atoms with Crippen LogP contribution in [-0.4, -0.2) is 49.7 Å². The van der Waals surface area contributed by atoms with Crippen molar-refractivity contribution in [3.63, 3.8) is 0 Å². The summed E-state index contributed by atoms with van der Waals surface area (Å²) in [5.74, 6) is 1.89. The minimum absolute atomic E-state index is 0.0590. The van der Waals surface area contributed by atoms with Crippen LogP contribution in [0.25, 0.3) is 0 Å². The normalized spacial score (nSPS) is 30.8. The molecule has 1 saturated heterocycles. The smallest absolute Gasteiger partial charge is 0.327 e. The van der Waals surface area contributed by atoms with Crippen molar-refractivity contribution in [3.05, 3.63) is 0 Å². The molecule has 1 aliphatic carbocycles. The highest BCUT2D eigenvalue weighted by Gasteiger charge is 2.52. The molecular weight excluding hydrogens is 252 g/mol. The molecule has 1 N–H and O–H groups in total. The van der Waals surface area contributed by atoms with E-state index in [9.17, 15) is 4.79 Å². The number of ether oxygens (including phenoxy) is 1. The maximum absolute atomic E-state index is 12.5. The summed E-state index contributed by atoms with van der Waals surface area (Å²) in [5, 5.41) is 3.32. The number of hydrogen-bond acceptors (Lipinski definition) is 4. The van der Waals surface area contributed by atoms with Crippen LogP contribution < -0.4 is 5.32 Å². The van der Waals surface area contributed by atoms with Crippen molar-refractivity contribution in [2.75, 3.05) is 33.3 Å². The molecule has 0 aromatic rings. The molecule has 0 aromatic carbocycles. The first-order valence-electron chi connectivity index (χ1n) is 8.12. The molecule has 0 radical (unpaired) electrons. The van der Waals surface area contributed by atoms with Gasteiger partial charge in [0, 0.05) is 13.1 Å². The molecule has 0 aromatic heterocycles. The van der Waals surface area contributed by atoms with Gasteiger partial charge in [-0.15, -0.1) is 0 Å². The fraction of sp³-hybridized carbons (Fsp3) is 0.938. The Hall–Kier alpha value is -0.610. The van der Waals surface area contributed by atoms with Crippen molar-refractivity contribution in [1.82, 2.24) is 10.2 Å². The van der Waals surface area contributed by atoms with Gasteiger partial charge in [-0.1, -0.05) is 13.8 Å². The lowest BCUT2D eigenvalue weighted by molar-refractivity contribution is -0.153. The number of carbonyl (C=O) groups excluding carboxylic acids is 1.